The normalized spacial score (nSPS) is 10.9. The molecule has 4 rings (SSSR count). The highest BCUT2D eigenvalue weighted by molar-refractivity contribution is 6.06. The molecule has 0 aliphatic carbocycles. The number of aromatic nitrogens is 3. The lowest BCUT2D eigenvalue weighted by molar-refractivity contribution is 0.0594. The molecule has 0 spiro atoms. The average Bonchev–Trinajstić information content (AvgIpc) is 2.71. The van der Waals surface area contributed by atoms with Crippen LogP contribution in [0.15, 0.2) is 59.7 Å². The topological polar surface area (TPSA) is 106 Å². The van der Waals surface area contributed by atoms with E-state index < -0.39 is 11.5 Å². The van der Waals surface area contributed by atoms with Gasteiger partial charge >= 0.3 is 11.5 Å². The van der Waals surface area contributed by atoms with E-state index >= 15 is 0 Å². The molecule has 2 aromatic heterocycles. The molecule has 0 fully saturated rings. The first-order valence-electron chi connectivity index (χ1n) is 8.04. The molecule has 0 radical (unpaired) electrons. The number of pyridine rings is 1. The number of nitrogens with one attached hydrogen (secondary N) is 1. The highest BCUT2D eigenvalue weighted by Crippen LogP contribution is 2.30. The predicted molar refractivity (Wildman–Crippen MR) is 99.6 cm³/mol. The summed E-state index contributed by atoms with van der Waals surface area (Å²) in [5, 5.41) is 15.1. The summed E-state index contributed by atoms with van der Waals surface area (Å²) < 4.78 is 5.03. The summed E-state index contributed by atoms with van der Waals surface area (Å²) in [5.74, 6) is -0.891. The number of fused-ring (bicyclic) bond motifs is 2. The molecule has 8 nitrogen and oxygen atoms in total. The lowest BCUT2D eigenvalue weighted by Gasteiger charge is -2.15. The fraction of sp³-hybridized carbons (Fsp3) is 0.0526. The molecule has 0 aliphatic rings. The number of hydrogen-bond donors (Lipinski definition) is 2. The number of carbonyl (C=O) groups excluding carboxylic acids is 1. The number of anilines is 2. The van der Waals surface area contributed by atoms with Crippen molar-refractivity contribution in [3.63, 3.8) is 0 Å². The molecule has 0 bridgehead atoms. The lowest BCUT2D eigenvalue weighted by atomic mass is 10.1. The van der Waals surface area contributed by atoms with E-state index in [2.05, 4.69) is 15.3 Å². The van der Waals surface area contributed by atoms with E-state index in [1.165, 1.54) is 12.4 Å². The van der Waals surface area contributed by atoms with Crippen LogP contribution in [0.4, 0.5) is 11.4 Å². The van der Waals surface area contributed by atoms with Crippen LogP contribution in [0.25, 0.3) is 21.9 Å². The first kappa shape index (κ1) is 16.5. The number of rotatable bonds is 3. The number of hydrogen-bond acceptors (Lipinski definition) is 7. The van der Waals surface area contributed by atoms with Gasteiger partial charge in [-0.1, -0.05) is 36.4 Å². The Morgan fingerprint density at radius 1 is 1.11 bits per heavy atom. The van der Waals surface area contributed by atoms with Crippen molar-refractivity contribution in [2.45, 2.75) is 0 Å². The Morgan fingerprint density at radius 3 is 2.67 bits per heavy atom. The van der Waals surface area contributed by atoms with Gasteiger partial charge in [0.25, 0.3) is 0 Å². The second-order valence-corrected chi connectivity index (χ2v) is 5.74. The van der Waals surface area contributed by atoms with Gasteiger partial charge in [0.05, 0.1) is 12.8 Å². The highest BCUT2D eigenvalue weighted by Gasteiger charge is 2.25. The van der Waals surface area contributed by atoms with E-state index in [9.17, 15) is 14.8 Å². The minimum Gasteiger partial charge on any atom is -0.465 e. The third-order valence-corrected chi connectivity index (χ3v) is 4.21. The monoisotopic (exact) mass is 362 g/mol. The Hall–Kier alpha value is -3.94. The third-order valence-electron chi connectivity index (χ3n) is 4.21. The maximum atomic E-state index is 12.6. The van der Waals surface area contributed by atoms with Gasteiger partial charge in [-0.05, 0) is 11.5 Å². The Balaban J connectivity index is 2.04. The van der Waals surface area contributed by atoms with Crippen LogP contribution in [0.3, 0.4) is 0 Å². The fourth-order valence-corrected chi connectivity index (χ4v) is 2.97. The van der Waals surface area contributed by atoms with Gasteiger partial charge < -0.3 is 15.3 Å². The quantitative estimate of drug-likeness (QED) is 0.426. The summed E-state index contributed by atoms with van der Waals surface area (Å²) >= 11 is 0. The summed E-state index contributed by atoms with van der Waals surface area (Å²) in [6, 6.07) is 13.3. The van der Waals surface area contributed by atoms with Crippen LogP contribution in [0.5, 0.6) is 0 Å². The van der Waals surface area contributed by atoms with Crippen molar-refractivity contribution in [3.05, 3.63) is 70.8 Å². The van der Waals surface area contributed by atoms with E-state index in [0.717, 1.165) is 17.9 Å². The predicted octanol–water partition coefficient (Wildman–Crippen LogP) is 2.71. The Kier molecular flexibility index (Phi) is 3.92. The van der Waals surface area contributed by atoms with Crippen LogP contribution in [-0.4, -0.2) is 33.0 Å². The minimum atomic E-state index is -0.947. The standard InChI is InChI=1S/C19H14N4O4/c1-27-19(25)14-15(16-17(21-10-9-20-16)23(26)18(14)24)22-13-8-4-6-11-5-2-3-7-12(11)13/h2-10,22,26H,1H3. The van der Waals surface area contributed by atoms with Crippen LogP contribution < -0.4 is 10.9 Å². The van der Waals surface area contributed by atoms with Crippen LogP contribution in [0.2, 0.25) is 0 Å². The first-order chi connectivity index (χ1) is 13.1. The van der Waals surface area contributed by atoms with Crippen molar-refractivity contribution in [1.82, 2.24) is 14.7 Å². The zero-order valence-electron chi connectivity index (χ0n) is 14.2. The zero-order valence-corrected chi connectivity index (χ0v) is 14.2. The van der Waals surface area contributed by atoms with Gasteiger partial charge in [-0.15, -0.1) is 4.73 Å². The molecule has 27 heavy (non-hydrogen) atoms. The Morgan fingerprint density at radius 2 is 1.85 bits per heavy atom. The number of ether oxygens (including phenoxy) is 1. The van der Waals surface area contributed by atoms with Gasteiger partial charge in [-0.3, -0.25) is 4.79 Å². The summed E-state index contributed by atoms with van der Waals surface area (Å²) in [5.41, 5.74) is -0.429. The van der Waals surface area contributed by atoms with Crippen molar-refractivity contribution >= 4 is 39.3 Å². The van der Waals surface area contributed by atoms with Gasteiger partial charge in [0.15, 0.2) is 5.56 Å². The molecule has 0 saturated heterocycles. The van der Waals surface area contributed by atoms with Crippen molar-refractivity contribution in [2.75, 3.05) is 12.4 Å². The summed E-state index contributed by atoms with van der Waals surface area (Å²) in [6.07, 6.45) is 2.75. The van der Waals surface area contributed by atoms with Crippen molar-refractivity contribution in [3.8, 4) is 0 Å². The maximum absolute atomic E-state index is 12.6. The Bertz CT molecular complexity index is 1240. The molecule has 0 saturated carbocycles. The molecule has 4 aromatic rings. The molecule has 0 amide bonds. The summed E-state index contributed by atoms with van der Waals surface area (Å²) in [6.45, 7) is 0. The molecule has 0 aliphatic heterocycles. The van der Waals surface area contributed by atoms with Gasteiger partial charge in [0.2, 0.25) is 5.65 Å². The van der Waals surface area contributed by atoms with Crippen molar-refractivity contribution in [2.24, 2.45) is 0 Å². The van der Waals surface area contributed by atoms with Gasteiger partial charge in [-0.25, -0.2) is 14.8 Å². The first-order valence-corrected chi connectivity index (χ1v) is 8.04. The van der Waals surface area contributed by atoms with E-state index in [-0.39, 0.29) is 22.4 Å². The number of nitrogens with zero attached hydrogens (tertiary/aromatic N) is 3. The van der Waals surface area contributed by atoms with Crippen LogP contribution in [0.1, 0.15) is 10.4 Å². The molecular weight excluding hydrogens is 348 g/mol. The molecule has 134 valence electrons. The molecule has 2 N–H and O–H groups in total. The number of esters is 1. The molecule has 2 aromatic carbocycles. The van der Waals surface area contributed by atoms with E-state index in [1.54, 1.807) is 0 Å². The average molecular weight is 362 g/mol. The highest BCUT2D eigenvalue weighted by atomic mass is 16.5. The minimum absolute atomic E-state index is 0.0714. The molecule has 0 unspecified atom stereocenters. The van der Waals surface area contributed by atoms with Gasteiger partial charge in [0.1, 0.15) is 5.52 Å². The van der Waals surface area contributed by atoms with E-state index in [1.807, 2.05) is 42.5 Å². The summed E-state index contributed by atoms with van der Waals surface area (Å²) in [4.78, 5) is 33.0. The molecule has 2 heterocycles. The number of methoxy groups -OCH3 is 1. The molecule has 0 atom stereocenters. The molecular formula is C19H14N4O4. The lowest BCUT2D eigenvalue weighted by Crippen LogP contribution is -2.28. The van der Waals surface area contributed by atoms with Crippen LogP contribution >= 0.6 is 0 Å². The summed E-state index contributed by atoms with van der Waals surface area (Å²) in [7, 11) is 1.16. The van der Waals surface area contributed by atoms with Gasteiger partial charge in [0, 0.05) is 23.5 Å². The largest absolute Gasteiger partial charge is 0.465 e. The van der Waals surface area contributed by atoms with E-state index in [4.69, 9.17) is 4.74 Å². The zero-order chi connectivity index (χ0) is 19.0. The number of benzene rings is 2. The van der Waals surface area contributed by atoms with Crippen molar-refractivity contribution in [1.29, 1.82) is 0 Å². The Labute approximate surface area is 152 Å². The second-order valence-electron chi connectivity index (χ2n) is 5.74. The van der Waals surface area contributed by atoms with Gasteiger partial charge in [-0.2, -0.15) is 0 Å². The number of carbonyl (C=O) groups is 1. The maximum Gasteiger partial charge on any atom is 0.345 e. The second kappa shape index (κ2) is 6.41. The van der Waals surface area contributed by atoms with E-state index in [0.29, 0.717) is 10.4 Å². The smallest absolute Gasteiger partial charge is 0.345 e. The molecule has 8 heteroatoms. The van der Waals surface area contributed by atoms with Crippen LogP contribution in [-0.2, 0) is 4.74 Å². The van der Waals surface area contributed by atoms with Crippen LogP contribution in [0, 0.1) is 0 Å². The third kappa shape index (κ3) is 2.63. The SMILES string of the molecule is COC(=O)c1c(Nc2cccc3ccccc23)c2nccnc2n(O)c1=O. The van der Waals surface area contributed by atoms with Crippen molar-refractivity contribution < 1.29 is 14.7 Å². The fourth-order valence-electron chi connectivity index (χ4n) is 2.97.